The molecule has 1 fully saturated rings. The largest absolute Gasteiger partial charge is 0.496 e. The van der Waals surface area contributed by atoms with Gasteiger partial charge < -0.3 is 15.0 Å². The molecule has 1 aliphatic heterocycles. The summed E-state index contributed by atoms with van der Waals surface area (Å²) in [6.07, 6.45) is 1.04. The number of ether oxygens (including phenoxy) is 1. The standard InChI is InChI=1S/C21H29N3O3S/c1-16(20-7-5-6-8-21(20)27-4)22-17-13-14-24(15-17)18-9-11-19(12-10-18)28(25,26)23(2)3/h5-12,16-17,22H,13-15H2,1-4H3. The zero-order chi connectivity index (χ0) is 20.3. The van der Waals surface area contributed by atoms with Crippen molar-refractivity contribution in [3.05, 3.63) is 54.1 Å². The van der Waals surface area contributed by atoms with Crippen molar-refractivity contribution in [1.29, 1.82) is 0 Å². The Balaban J connectivity index is 1.64. The zero-order valence-electron chi connectivity index (χ0n) is 16.9. The van der Waals surface area contributed by atoms with Crippen LogP contribution in [0.15, 0.2) is 53.4 Å². The summed E-state index contributed by atoms with van der Waals surface area (Å²) < 4.78 is 31.1. The first-order valence-corrected chi connectivity index (χ1v) is 10.9. The van der Waals surface area contributed by atoms with Gasteiger partial charge in [0.25, 0.3) is 0 Å². The summed E-state index contributed by atoms with van der Waals surface area (Å²) in [4.78, 5) is 2.61. The van der Waals surface area contributed by atoms with Crippen molar-refractivity contribution >= 4 is 15.7 Å². The second-order valence-electron chi connectivity index (χ2n) is 7.34. The minimum Gasteiger partial charge on any atom is -0.496 e. The molecule has 6 nitrogen and oxygen atoms in total. The Kier molecular flexibility index (Phi) is 6.27. The number of anilines is 1. The molecule has 0 amide bonds. The second-order valence-corrected chi connectivity index (χ2v) is 9.50. The van der Waals surface area contributed by atoms with Crippen molar-refractivity contribution in [2.45, 2.75) is 30.3 Å². The van der Waals surface area contributed by atoms with Crippen LogP contribution in [0.5, 0.6) is 5.75 Å². The van der Waals surface area contributed by atoms with Gasteiger partial charge in [0.2, 0.25) is 10.0 Å². The molecule has 3 rings (SSSR count). The summed E-state index contributed by atoms with van der Waals surface area (Å²) in [5.41, 5.74) is 2.20. The molecule has 0 saturated carbocycles. The van der Waals surface area contributed by atoms with E-state index in [0.717, 1.165) is 36.5 Å². The van der Waals surface area contributed by atoms with Crippen LogP contribution in [0.3, 0.4) is 0 Å². The Bertz CT molecular complexity index is 897. The van der Waals surface area contributed by atoms with Gasteiger partial charge in [0.15, 0.2) is 0 Å². The van der Waals surface area contributed by atoms with E-state index in [9.17, 15) is 8.42 Å². The lowest BCUT2D eigenvalue weighted by Crippen LogP contribution is -2.34. The first-order valence-electron chi connectivity index (χ1n) is 9.49. The van der Waals surface area contributed by atoms with Crippen molar-refractivity contribution in [2.75, 3.05) is 39.2 Å². The maximum atomic E-state index is 12.2. The fraction of sp³-hybridized carbons (Fsp3) is 0.429. The molecule has 7 heteroatoms. The number of methoxy groups -OCH3 is 1. The van der Waals surface area contributed by atoms with Gasteiger partial charge in [-0.15, -0.1) is 0 Å². The molecular formula is C21H29N3O3S. The number of hydrogen-bond acceptors (Lipinski definition) is 5. The summed E-state index contributed by atoms with van der Waals surface area (Å²) in [6, 6.07) is 15.8. The van der Waals surface area contributed by atoms with E-state index in [1.165, 1.54) is 4.31 Å². The monoisotopic (exact) mass is 403 g/mol. The number of sulfonamides is 1. The van der Waals surface area contributed by atoms with Gasteiger partial charge in [0, 0.05) is 50.5 Å². The lowest BCUT2D eigenvalue weighted by molar-refractivity contribution is 0.395. The number of rotatable bonds is 7. The molecule has 0 aromatic heterocycles. The predicted molar refractivity (Wildman–Crippen MR) is 112 cm³/mol. The van der Waals surface area contributed by atoms with Crippen LogP contribution < -0.4 is 15.0 Å². The van der Waals surface area contributed by atoms with Gasteiger partial charge in [0.05, 0.1) is 12.0 Å². The van der Waals surface area contributed by atoms with Crippen molar-refractivity contribution in [1.82, 2.24) is 9.62 Å². The Morgan fingerprint density at radius 2 is 1.82 bits per heavy atom. The topological polar surface area (TPSA) is 61.9 Å². The molecule has 1 aliphatic rings. The summed E-state index contributed by atoms with van der Waals surface area (Å²) in [5, 5.41) is 3.70. The second kappa shape index (κ2) is 8.51. The van der Waals surface area contributed by atoms with Crippen LogP contribution in [0.1, 0.15) is 24.9 Å². The third kappa shape index (κ3) is 4.32. The van der Waals surface area contributed by atoms with Crippen LogP contribution in [0.4, 0.5) is 5.69 Å². The fourth-order valence-corrected chi connectivity index (χ4v) is 4.54. The van der Waals surface area contributed by atoms with E-state index in [4.69, 9.17) is 4.74 Å². The highest BCUT2D eigenvalue weighted by atomic mass is 32.2. The number of hydrogen-bond donors (Lipinski definition) is 1. The molecule has 0 aliphatic carbocycles. The number of nitrogens with one attached hydrogen (secondary N) is 1. The van der Waals surface area contributed by atoms with E-state index < -0.39 is 10.0 Å². The third-order valence-corrected chi connectivity index (χ3v) is 7.09. The van der Waals surface area contributed by atoms with Crippen LogP contribution >= 0.6 is 0 Å². The highest BCUT2D eigenvalue weighted by Crippen LogP contribution is 2.27. The van der Waals surface area contributed by atoms with Gasteiger partial charge in [-0.3, -0.25) is 0 Å². The summed E-state index contributed by atoms with van der Waals surface area (Å²) in [6.45, 7) is 3.98. The van der Waals surface area contributed by atoms with Crippen LogP contribution in [-0.4, -0.2) is 53.1 Å². The molecule has 2 aromatic carbocycles. The molecule has 152 valence electrons. The van der Waals surface area contributed by atoms with Gasteiger partial charge in [-0.2, -0.15) is 0 Å². The highest BCUT2D eigenvalue weighted by molar-refractivity contribution is 7.89. The van der Waals surface area contributed by atoms with E-state index in [1.807, 2.05) is 30.3 Å². The SMILES string of the molecule is COc1ccccc1C(C)NC1CCN(c2ccc(S(=O)(=O)N(C)C)cc2)C1. The molecule has 1 saturated heterocycles. The van der Waals surface area contributed by atoms with E-state index in [0.29, 0.717) is 10.9 Å². The maximum absolute atomic E-state index is 12.2. The molecule has 2 unspecified atom stereocenters. The quantitative estimate of drug-likeness (QED) is 0.770. The molecule has 0 radical (unpaired) electrons. The van der Waals surface area contributed by atoms with Crippen LogP contribution in [0, 0.1) is 0 Å². The molecular weight excluding hydrogens is 374 g/mol. The van der Waals surface area contributed by atoms with Gasteiger partial charge in [-0.05, 0) is 43.7 Å². The maximum Gasteiger partial charge on any atom is 0.242 e. The van der Waals surface area contributed by atoms with Crippen LogP contribution in [-0.2, 0) is 10.0 Å². The number of benzene rings is 2. The van der Waals surface area contributed by atoms with Crippen molar-refractivity contribution < 1.29 is 13.2 Å². The molecule has 1 N–H and O–H groups in total. The highest BCUT2D eigenvalue weighted by Gasteiger charge is 2.25. The average molecular weight is 404 g/mol. The van der Waals surface area contributed by atoms with Crippen molar-refractivity contribution in [3.63, 3.8) is 0 Å². The van der Waals surface area contributed by atoms with Crippen LogP contribution in [0.25, 0.3) is 0 Å². The average Bonchev–Trinajstić information content (AvgIpc) is 3.16. The zero-order valence-corrected chi connectivity index (χ0v) is 17.7. The first kappa shape index (κ1) is 20.6. The summed E-state index contributed by atoms with van der Waals surface area (Å²) in [5.74, 6) is 0.898. The predicted octanol–water partition coefficient (Wildman–Crippen LogP) is 2.88. The minimum absolute atomic E-state index is 0.189. The molecule has 28 heavy (non-hydrogen) atoms. The lowest BCUT2D eigenvalue weighted by atomic mass is 10.1. The lowest BCUT2D eigenvalue weighted by Gasteiger charge is -2.23. The molecule has 0 spiro atoms. The summed E-state index contributed by atoms with van der Waals surface area (Å²) >= 11 is 0. The Morgan fingerprint density at radius 3 is 2.46 bits per heavy atom. The minimum atomic E-state index is -3.39. The van der Waals surface area contributed by atoms with E-state index in [1.54, 1.807) is 33.3 Å². The summed E-state index contributed by atoms with van der Waals surface area (Å²) in [7, 11) is 1.40. The Labute approximate surface area is 168 Å². The van der Waals surface area contributed by atoms with Gasteiger partial charge in [-0.1, -0.05) is 18.2 Å². The van der Waals surface area contributed by atoms with Gasteiger partial charge >= 0.3 is 0 Å². The molecule has 2 aromatic rings. The van der Waals surface area contributed by atoms with E-state index in [2.05, 4.69) is 23.2 Å². The van der Waals surface area contributed by atoms with Gasteiger partial charge in [0.1, 0.15) is 5.75 Å². The van der Waals surface area contributed by atoms with E-state index in [-0.39, 0.29) is 6.04 Å². The fourth-order valence-electron chi connectivity index (χ4n) is 3.64. The first-order chi connectivity index (χ1) is 13.3. The smallest absolute Gasteiger partial charge is 0.242 e. The molecule has 1 heterocycles. The molecule has 0 bridgehead atoms. The Morgan fingerprint density at radius 1 is 1.14 bits per heavy atom. The van der Waals surface area contributed by atoms with E-state index >= 15 is 0 Å². The Hall–Kier alpha value is -2.09. The molecule has 2 atom stereocenters. The number of para-hydroxylation sites is 1. The van der Waals surface area contributed by atoms with Crippen LogP contribution in [0.2, 0.25) is 0 Å². The van der Waals surface area contributed by atoms with Crippen molar-refractivity contribution in [2.24, 2.45) is 0 Å². The number of nitrogens with zero attached hydrogens (tertiary/aromatic N) is 2. The van der Waals surface area contributed by atoms with Crippen molar-refractivity contribution in [3.8, 4) is 5.75 Å². The normalized spacial score (nSPS) is 18.5. The third-order valence-electron chi connectivity index (χ3n) is 5.26. The van der Waals surface area contributed by atoms with Gasteiger partial charge in [-0.25, -0.2) is 12.7 Å².